The third-order valence-corrected chi connectivity index (χ3v) is 8.31. The van der Waals surface area contributed by atoms with Gasteiger partial charge >= 0.3 is 5.97 Å². The van der Waals surface area contributed by atoms with Crippen molar-refractivity contribution >= 4 is 17.8 Å². The van der Waals surface area contributed by atoms with Crippen molar-refractivity contribution < 1.29 is 28.6 Å². The molecule has 0 unspecified atom stereocenters. The number of methoxy groups -OCH3 is 1. The van der Waals surface area contributed by atoms with Gasteiger partial charge in [-0.3, -0.25) is 9.59 Å². The molecule has 1 aliphatic heterocycles. The molecule has 1 aliphatic rings. The third-order valence-electron chi connectivity index (χ3n) is 8.31. The lowest BCUT2D eigenvalue weighted by Gasteiger charge is -2.33. The molecule has 8 heteroatoms. The number of cyclic esters (lactones) is 1. The quantitative estimate of drug-likeness (QED) is 0.215. The molecule has 0 bridgehead atoms. The Kier molecular flexibility index (Phi) is 11.4. The molecule has 46 heavy (non-hydrogen) atoms. The summed E-state index contributed by atoms with van der Waals surface area (Å²) in [6.07, 6.45) is 0.637. The fourth-order valence-corrected chi connectivity index (χ4v) is 5.95. The summed E-state index contributed by atoms with van der Waals surface area (Å²) in [5.41, 5.74) is 4.92. The molecule has 0 aromatic heterocycles. The molecule has 4 atom stereocenters. The van der Waals surface area contributed by atoms with Crippen molar-refractivity contribution in [2.45, 2.75) is 84.8 Å². The first-order chi connectivity index (χ1) is 21.8. The maximum absolute atomic E-state index is 14.0. The molecule has 0 radical (unpaired) electrons. The Bertz CT molecular complexity index is 1480. The van der Waals surface area contributed by atoms with Gasteiger partial charge in [0.15, 0.2) is 6.10 Å². The first kappa shape index (κ1) is 34.9. The number of amides is 2. The topological polar surface area (TPSA) is 103 Å². The van der Waals surface area contributed by atoms with Crippen LogP contribution in [-0.2, 0) is 35.0 Å². The summed E-state index contributed by atoms with van der Waals surface area (Å²) >= 11 is 0. The van der Waals surface area contributed by atoms with E-state index in [0.717, 1.165) is 16.7 Å². The molecule has 4 rings (SSSR count). The molecule has 3 aromatic rings. The van der Waals surface area contributed by atoms with Crippen LogP contribution in [-0.4, -0.2) is 49.4 Å². The highest BCUT2D eigenvalue weighted by Gasteiger charge is 2.48. The first-order valence-corrected chi connectivity index (χ1v) is 16.0. The van der Waals surface area contributed by atoms with E-state index in [0.29, 0.717) is 19.3 Å². The van der Waals surface area contributed by atoms with Gasteiger partial charge in [-0.05, 0) is 59.4 Å². The number of carbonyl (C=O) groups is 3. The van der Waals surface area contributed by atoms with Crippen molar-refractivity contribution in [1.82, 2.24) is 10.6 Å². The highest BCUT2D eigenvalue weighted by Crippen LogP contribution is 2.32. The van der Waals surface area contributed by atoms with E-state index in [4.69, 9.17) is 14.2 Å². The van der Waals surface area contributed by atoms with E-state index in [1.54, 1.807) is 21.0 Å². The van der Waals surface area contributed by atoms with E-state index in [1.807, 2.05) is 69.3 Å². The predicted octanol–water partition coefficient (Wildman–Crippen LogP) is 6.31. The van der Waals surface area contributed by atoms with E-state index in [9.17, 15) is 14.4 Å². The number of carbonyl (C=O) groups excluding carboxylic acids is 3. The van der Waals surface area contributed by atoms with Crippen LogP contribution in [0.2, 0.25) is 0 Å². The van der Waals surface area contributed by atoms with Crippen molar-refractivity contribution in [3.05, 3.63) is 95.6 Å². The zero-order valence-corrected chi connectivity index (χ0v) is 28.1. The van der Waals surface area contributed by atoms with Gasteiger partial charge in [-0.25, -0.2) is 4.79 Å². The second kappa shape index (κ2) is 15.1. The fraction of sp³-hybridized carbons (Fsp3) is 0.447. The fourth-order valence-electron chi connectivity index (χ4n) is 5.95. The monoisotopic (exact) mass is 628 g/mol. The molecule has 1 fully saturated rings. The zero-order valence-electron chi connectivity index (χ0n) is 28.1. The van der Waals surface area contributed by atoms with Crippen molar-refractivity contribution in [3.63, 3.8) is 0 Å². The van der Waals surface area contributed by atoms with Crippen molar-refractivity contribution in [2.75, 3.05) is 13.7 Å². The van der Waals surface area contributed by atoms with Crippen LogP contribution in [0.15, 0.2) is 78.9 Å². The Labute approximate surface area is 273 Å². The van der Waals surface area contributed by atoms with Crippen molar-refractivity contribution in [1.29, 1.82) is 0 Å². The Morgan fingerprint density at radius 3 is 2.15 bits per heavy atom. The average Bonchev–Trinajstić information content (AvgIpc) is 3.29. The Hall–Kier alpha value is -4.01. The van der Waals surface area contributed by atoms with E-state index < -0.39 is 47.2 Å². The molecule has 2 N–H and O–H groups in total. The first-order valence-electron chi connectivity index (χ1n) is 16.0. The summed E-state index contributed by atoms with van der Waals surface area (Å²) in [5, 5.41) is 6.05. The van der Waals surface area contributed by atoms with Gasteiger partial charge < -0.3 is 24.8 Å². The molecule has 246 valence electrons. The summed E-state index contributed by atoms with van der Waals surface area (Å²) in [7, 11) is 1.58. The highest BCUT2D eigenvalue weighted by molar-refractivity contribution is 5.92. The predicted molar refractivity (Wildman–Crippen MR) is 179 cm³/mol. The number of ether oxygens (including phenoxy) is 3. The smallest absolute Gasteiger partial charge is 0.338 e. The van der Waals surface area contributed by atoms with Gasteiger partial charge in [0, 0.05) is 21.0 Å². The second-order valence-electron chi connectivity index (χ2n) is 13.6. The molecule has 0 spiro atoms. The summed E-state index contributed by atoms with van der Waals surface area (Å²) < 4.78 is 16.8. The van der Waals surface area contributed by atoms with Gasteiger partial charge in [-0.2, -0.15) is 0 Å². The average molecular weight is 629 g/mol. The Morgan fingerprint density at radius 1 is 0.935 bits per heavy atom. The molecule has 8 nitrogen and oxygen atoms in total. The molecule has 3 aromatic carbocycles. The third kappa shape index (κ3) is 9.04. The number of nitrogens with one attached hydrogen (secondary N) is 2. The molecular formula is C38H48N2O6. The van der Waals surface area contributed by atoms with Crippen LogP contribution < -0.4 is 10.6 Å². The minimum atomic E-state index is -1.14. The van der Waals surface area contributed by atoms with Crippen molar-refractivity contribution in [3.8, 4) is 11.1 Å². The Morgan fingerprint density at radius 2 is 1.59 bits per heavy atom. The number of rotatable bonds is 13. The minimum Gasteiger partial charge on any atom is -0.432 e. The van der Waals surface area contributed by atoms with Crippen LogP contribution in [0.5, 0.6) is 0 Å². The molecular weight excluding hydrogens is 580 g/mol. The van der Waals surface area contributed by atoms with E-state index in [2.05, 4.69) is 47.9 Å². The van der Waals surface area contributed by atoms with E-state index >= 15 is 0 Å². The molecule has 1 saturated heterocycles. The molecule has 0 aliphatic carbocycles. The van der Waals surface area contributed by atoms with Crippen LogP contribution in [0, 0.1) is 18.3 Å². The molecule has 0 saturated carbocycles. The maximum atomic E-state index is 14.0. The second-order valence-corrected chi connectivity index (χ2v) is 13.6. The van der Waals surface area contributed by atoms with Crippen LogP contribution >= 0.6 is 0 Å². The normalized spacial score (nSPS) is 17.9. The SMILES string of the molecule is COC[C@@H](NC(=O)[C@@H](NC(=O)[C@H](CCCc1ccc(-c2ccccc2)c(C)c1)[C@@H]1OC(C)(C)OC1=O)C(C)(C)C)c1ccccc1. The van der Waals surface area contributed by atoms with Crippen LogP contribution in [0.3, 0.4) is 0 Å². The zero-order chi connectivity index (χ0) is 33.5. The summed E-state index contributed by atoms with van der Waals surface area (Å²) in [6, 6.07) is 24.9. The van der Waals surface area contributed by atoms with Crippen LogP contribution in [0.1, 0.15) is 70.2 Å². The molecule has 1 heterocycles. The minimum absolute atomic E-state index is 0.270. The lowest BCUT2D eigenvalue weighted by molar-refractivity contribution is -0.162. The van der Waals surface area contributed by atoms with E-state index in [-0.39, 0.29) is 12.5 Å². The highest BCUT2D eigenvalue weighted by atomic mass is 16.8. The number of hydrogen-bond donors (Lipinski definition) is 2. The summed E-state index contributed by atoms with van der Waals surface area (Å²) in [5.74, 6) is -3.33. The number of aryl methyl sites for hydroxylation is 2. The van der Waals surface area contributed by atoms with Gasteiger partial charge in [0.2, 0.25) is 17.6 Å². The lowest BCUT2D eigenvalue weighted by atomic mass is 9.84. The van der Waals surface area contributed by atoms with Gasteiger partial charge in [0.05, 0.1) is 18.6 Å². The largest absolute Gasteiger partial charge is 0.432 e. The number of benzene rings is 3. The Balaban J connectivity index is 1.50. The van der Waals surface area contributed by atoms with Crippen molar-refractivity contribution in [2.24, 2.45) is 11.3 Å². The van der Waals surface area contributed by atoms with Gasteiger partial charge in [-0.1, -0.05) is 99.6 Å². The summed E-state index contributed by atoms with van der Waals surface area (Å²) in [6.45, 7) is 11.4. The van der Waals surface area contributed by atoms with Crippen LogP contribution in [0.25, 0.3) is 11.1 Å². The number of hydrogen-bond acceptors (Lipinski definition) is 6. The van der Waals surface area contributed by atoms with E-state index in [1.165, 1.54) is 11.1 Å². The maximum Gasteiger partial charge on any atom is 0.338 e. The lowest BCUT2D eigenvalue weighted by Crippen LogP contribution is -2.56. The van der Waals surface area contributed by atoms with Gasteiger partial charge in [0.1, 0.15) is 6.04 Å². The summed E-state index contributed by atoms with van der Waals surface area (Å²) in [4.78, 5) is 40.7. The number of esters is 1. The molecule has 2 amide bonds. The van der Waals surface area contributed by atoms with Gasteiger partial charge in [0.25, 0.3) is 0 Å². The standard InChI is InChI=1S/C38H48N2O6/c1-25-23-26(21-22-29(25)27-16-10-8-11-17-27)15-14-20-30(32-36(43)46-38(5,6)45-32)34(41)40-33(37(2,3)4)35(42)39-31(24-44-7)28-18-12-9-13-19-28/h8-13,16-19,21-23,30-33H,14-15,20,24H2,1-7H3,(H,39,42)(H,40,41)/t30-,31-,32+,33-/m1/s1. The van der Waals surface area contributed by atoms with Gasteiger partial charge in [-0.15, -0.1) is 0 Å². The van der Waals surface area contributed by atoms with Crippen LogP contribution in [0.4, 0.5) is 0 Å².